The van der Waals surface area contributed by atoms with Gasteiger partial charge in [-0.2, -0.15) is 5.26 Å². The first-order chi connectivity index (χ1) is 8.49. The predicted octanol–water partition coefficient (Wildman–Crippen LogP) is 3.83. The summed E-state index contributed by atoms with van der Waals surface area (Å²) in [5.74, 6) is 1.40. The average molecular weight is 246 g/mol. The van der Waals surface area contributed by atoms with Crippen molar-refractivity contribution in [1.82, 2.24) is 0 Å². The zero-order chi connectivity index (χ0) is 13.6. The molecule has 0 heterocycles. The van der Waals surface area contributed by atoms with Gasteiger partial charge in [-0.05, 0) is 37.8 Å². The summed E-state index contributed by atoms with van der Waals surface area (Å²) < 4.78 is 5.18. The summed E-state index contributed by atoms with van der Waals surface area (Å²) in [5.41, 5.74) is 0.388. The molecule has 0 saturated carbocycles. The highest BCUT2D eigenvalue weighted by Crippen LogP contribution is 2.24. The molecule has 1 N–H and O–H groups in total. The second kappa shape index (κ2) is 6.30. The van der Waals surface area contributed by atoms with Crippen LogP contribution in [0.2, 0.25) is 0 Å². The normalized spacial score (nSPS) is 13.8. The van der Waals surface area contributed by atoms with Crippen molar-refractivity contribution in [1.29, 1.82) is 5.26 Å². The van der Waals surface area contributed by atoms with E-state index in [-0.39, 0.29) is 0 Å². The molecule has 0 radical (unpaired) electrons. The highest BCUT2D eigenvalue weighted by atomic mass is 16.5. The Morgan fingerprint density at radius 2 is 2.17 bits per heavy atom. The fourth-order valence-corrected chi connectivity index (χ4v) is 1.74. The Balaban J connectivity index is 2.75. The van der Waals surface area contributed by atoms with Crippen LogP contribution in [0, 0.1) is 17.2 Å². The maximum Gasteiger partial charge on any atom is 0.122 e. The Labute approximate surface area is 110 Å². The van der Waals surface area contributed by atoms with Crippen LogP contribution in [0.15, 0.2) is 24.3 Å². The Morgan fingerprint density at radius 3 is 2.72 bits per heavy atom. The maximum atomic E-state index is 9.34. The van der Waals surface area contributed by atoms with Gasteiger partial charge in [-0.25, -0.2) is 0 Å². The van der Waals surface area contributed by atoms with Gasteiger partial charge in [-0.3, -0.25) is 0 Å². The summed E-state index contributed by atoms with van der Waals surface area (Å²) >= 11 is 0. The van der Waals surface area contributed by atoms with Crippen molar-refractivity contribution < 1.29 is 4.74 Å². The van der Waals surface area contributed by atoms with Crippen molar-refractivity contribution in [2.75, 3.05) is 12.4 Å². The molecule has 0 fully saturated rings. The van der Waals surface area contributed by atoms with Crippen LogP contribution in [0.5, 0.6) is 5.75 Å². The molecule has 0 aliphatic carbocycles. The van der Waals surface area contributed by atoms with Gasteiger partial charge in [0.2, 0.25) is 0 Å². The molecule has 3 nitrogen and oxygen atoms in total. The minimum Gasteiger partial charge on any atom is -0.497 e. The summed E-state index contributed by atoms with van der Waals surface area (Å²) in [6, 6.07) is 10.0. The standard InChI is InChI=1S/C15H22N2O/c1-12(2)8-9-15(3,11-16)17-13-6-5-7-14(10-13)18-4/h5-7,10,12,17H,8-9H2,1-4H3. The minimum absolute atomic E-state index is 0.531. The van der Waals surface area contributed by atoms with Crippen molar-refractivity contribution in [3.8, 4) is 11.8 Å². The Bertz CT molecular complexity index is 423. The first-order valence-electron chi connectivity index (χ1n) is 6.32. The van der Waals surface area contributed by atoms with E-state index in [0.717, 1.165) is 24.3 Å². The van der Waals surface area contributed by atoms with Crippen molar-refractivity contribution in [3.05, 3.63) is 24.3 Å². The fraction of sp³-hybridized carbons (Fsp3) is 0.533. The zero-order valence-electron chi connectivity index (χ0n) is 11.7. The number of nitriles is 1. The van der Waals surface area contributed by atoms with E-state index in [1.807, 2.05) is 31.2 Å². The number of anilines is 1. The number of nitrogens with zero attached hydrogens (tertiary/aromatic N) is 1. The van der Waals surface area contributed by atoms with E-state index >= 15 is 0 Å². The van der Waals surface area contributed by atoms with Crippen LogP contribution in [0.1, 0.15) is 33.6 Å². The van der Waals surface area contributed by atoms with E-state index in [9.17, 15) is 5.26 Å². The monoisotopic (exact) mass is 246 g/mol. The third kappa shape index (κ3) is 4.29. The third-order valence-electron chi connectivity index (χ3n) is 2.96. The SMILES string of the molecule is COc1cccc(NC(C)(C#N)CCC(C)C)c1. The molecule has 1 atom stereocenters. The zero-order valence-corrected chi connectivity index (χ0v) is 11.7. The minimum atomic E-state index is -0.531. The van der Waals surface area contributed by atoms with Crippen LogP contribution in [0.25, 0.3) is 0 Å². The van der Waals surface area contributed by atoms with E-state index in [0.29, 0.717) is 5.92 Å². The van der Waals surface area contributed by atoms with Crippen LogP contribution in [-0.4, -0.2) is 12.6 Å². The van der Waals surface area contributed by atoms with Crippen LogP contribution < -0.4 is 10.1 Å². The molecular formula is C15H22N2O. The predicted molar refractivity (Wildman–Crippen MR) is 74.7 cm³/mol. The fourth-order valence-electron chi connectivity index (χ4n) is 1.74. The summed E-state index contributed by atoms with van der Waals surface area (Å²) in [7, 11) is 1.64. The molecule has 0 bridgehead atoms. The molecule has 0 saturated heterocycles. The van der Waals surface area contributed by atoms with Crippen LogP contribution >= 0.6 is 0 Å². The van der Waals surface area contributed by atoms with E-state index in [1.165, 1.54) is 0 Å². The molecule has 0 aliphatic heterocycles. The Kier molecular flexibility index (Phi) is 5.03. The number of hydrogen-bond acceptors (Lipinski definition) is 3. The highest BCUT2D eigenvalue weighted by molar-refractivity contribution is 5.51. The molecule has 1 aromatic carbocycles. The summed E-state index contributed by atoms with van der Waals surface area (Å²) in [6.07, 6.45) is 1.86. The molecule has 1 aromatic rings. The second-order valence-corrected chi connectivity index (χ2v) is 5.23. The topological polar surface area (TPSA) is 45.0 Å². The van der Waals surface area contributed by atoms with Gasteiger partial charge in [0.25, 0.3) is 0 Å². The van der Waals surface area contributed by atoms with Gasteiger partial charge in [0, 0.05) is 11.8 Å². The van der Waals surface area contributed by atoms with E-state index < -0.39 is 5.54 Å². The highest BCUT2D eigenvalue weighted by Gasteiger charge is 2.23. The molecular weight excluding hydrogens is 224 g/mol. The molecule has 0 aromatic heterocycles. The molecule has 18 heavy (non-hydrogen) atoms. The number of benzene rings is 1. The lowest BCUT2D eigenvalue weighted by molar-refractivity contribution is 0.414. The van der Waals surface area contributed by atoms with Crippen LogP contribution in [-0.2, 0) is 0 Å². The molecule has 0 amide bonds. The number of hydrogen-bond donors (Lipinski definition) is 1. The number of ether oxygens (including phenoxy) is 1. The van der Waals surface area contributed by atoms with Crippen molar-refractivity contribution in [3.63, 3.8) is 0 Å². The molecule has 1 rings (SSSR count). The lowest BCUT2D eigenvalue weighted by Gasteiger charge is -2.25. The third-order valence-corrected chi connectivity index (χ3v) is 2.96. The quantitative estimate of drug-likeness (QED) is 0.829. The van der Waals surface area contributed by atoms with Crippen molar-refractivity contribution in [2.24, 2.45) is 5.92 Å². The maximum absolute atomic E-state index is 9.34. The number of nitrogens with one attached hydrogen (secondary N) is 1. The molecule has 0 aliphatic rings. The summed E-state index contributed by atoms with van der Waals surface area (Å²) in [6.45, 7) is 6.28. The van der Waals surface area contributed by atoms with Gasteiger partial charge >= 0.3 is 0 Å². The lowest BCUT2D eigenvalue weighted by Crippen LogP contribution is -2.33. The largest absolute Gasteiger partial charge is 0.497 e. The Hall–Kier alpha value is -1.69. The van der Waals surface area contributed by atoms with E-state index in [4.69, 9.17) is 4.74 Å². The second-order valence-electron chi connectivity index (χ2n) is 5.23. The van der Waals surface area contributed by atoms with Crippen molar-refractivity contribution in [2.45, 2.75) is 39.2 Å². The van der Waals surface area contributed by atoms with Gasteiger partial charge in [0.1, 0.15) is 11.3 Å². The van der Waals surface area contributed by atoms with Gasteiger partial charge < -0.3 is 10.1 Å². The first kappa shape index (κ1) is 14.4. The lowest BCUT2D eigenvalue weighted by atomic mass is 9.93. The van der Waals surface area contributed by atoms with Gasteiger partial charge in [-0.1, -0.05) is 19.9 Å². The number of methoxy groups -OCH3 is 1. The van der Waals surface area contributed by atoms with E-state index in [1.54, 1.807) is 7.11 Å². The average Bonchev–Trinajstić information content (AvgIpc) is 2.36. The molecule has 1 unspecified atom stereocenters. The van der Waals surface area contributed by atoms with Gasteiger partial charge in [0.05, 0.1) is 13.2 Å². The van der Waals surface area contributed by atoms with E-state index in [2.05, 4.69) is 25.2 Å². The molecule has 3 heteroatoms. The first-order valence-corrected chi connectivity index (χ1v) is 6.32. The summed E-state index contributed by atoms with van der Waals surface area (Å²) in [5, 5.41) is 12.6. The number of rotatable bonds is 6. The van der Waals surface area contributed by atoms with Gasteiger partial charge in [0.15, 0.2) is 0 Å². The smallest absolute Gasteiger partial charge is 0.122 e. The Morgan fingerprint density at radius 1 is 1.44 bits per heavy atom. The summed E-state index contributed by atoms with van der Waals surface area (Å²) in [4.78, 5) is 0. The van der Waals surface area contributed by atoms with Crippen LogP contribution in [0.3, 0.4) is 0 Å². The van der Waals surface area contributed by atoms with Gasteiger partial charge in [-0.15, -0.1) is 0 Å². The van der Waals surface area contributed by atoms with Crippen molar-refractivity contribution >= 4 is 5.69 Å². The van der Waals surface area contributed by atoms with Crippen LogP contribution in [0.4, 0.5) is 5.69 Å². The molecule has 98 valence electrons. The molecule has 0 spiro atoms.